The van der Waals surface area contributed by atoms with E-state index >= 15 is 0 Å². The van der Waals surface area contributed by atoms with Gasteiger partial charge in [-0.3, -0.25) is 0 Å². The summed E-state index contributed by atoms with van der Waals surface area (Å²) in [5.41, 5.74) is 0.879. The van der Waals surface area contributed by atoms with Crippen LogP contribution in [0.15, 0.2) is 23.1 Å². The molecule has 0 fully saturated rings. The summed E-state index contributed by atoms with van der Waals surface area (Å²) in [6.07, 6.45) is 1.16. The summed E-state index contributed by atoms with van der Waals surface area (Å²) in [5, 5.41) is 0.484. The molecule has 0 N–H and O–H groups in total. The molecule has 0 unspecified atom stereocenters. The third-order valence-electron chi connectivity index (χ3n) is 1.57. The molecular weight excluding hydrogens is 196 g/mol. The molecule has 12 heavy (non-hydrogen) atoms. The highest BCUT2D eigenvalue weighted by Gasteiger charge is 2.07. The summed E-state index contributed by atoms with van der Waals surface area (Å²) in [6.45, 7) is 1.83. The molecule has 0 saturated carbocycles. The second kappa shape index (κ2) is 3.07. The van der Waals surface area contributed by atoms with Gasteiger partial charge >= 0.3 is 0 Å². The number of hydrogen-bond donors (Lipinski definition) is 0. The van der Waals surface area contributed by atoms with Crippen LogP contribution in [-0.2, 0) is 9.84 Å². The number of sulfone groups is 1. The molecule has 4 heteroatoms. The minimum Gasteiger partial charge on any atom is -0.224 e. The molecule has 1 aromatic rings. The smallest absolute Gasteiger partial charge is 0.175 e. The molecule has 0 aliphatic heterocycles. The van der Waals surface area contributed by atoms with Crippen LogP contribution in [0.1, 0.15) is 5.56 Å². The minimum absolute atomic E-state index is 0.262. The Kier molecular flexibility index (Phi) is 2.44. The summed E-state index contributed by atoms with van der Waals surface area (Å²) in [6, 6.07) is 4.71. The van der Waals surface area contributed by atoms with Crippen LogP contribution < -0.4 is 0 Å². The van der Waals surface area contributed by atoms with Crippen LogP contribution in [0.5, 0.6) is 0 Å². The average Bonchev–Trinajstić information content (AvgIpc) is 1.92. The quantitative estimate of drug-likeness (QED) is 0.702. The first kappa shape index (κ1) is 9.55. The number of hydrogen-bond acceptors (Lipinski definition) is 2. The molecular formula is C8H9ClO2S. The monoisotopic (exact) mass is 204 g/mol. The Bertz CT molecular complexity index is 396. The van der Waals surface area contributed by atoms with Crippen molar-refractivity contribution in [3.63, 3.8) is 0 Å². The topological polar surface area (TPSA) is 34.1 Å². The van der Waals surface area contributed by atoms with Gasteiger partial charge in [0, 0.05) is 11.3 Å². The molecule has 0 aliphatic carbocycles. The Morgan fingerprint density at radius 1 is 1.33 bits per heavy atom. The molecule has 0 radical (unpaired) electrons. The van der Waals surface area contributed by atoms with Crippen LogP contribution in [0.25, 0.3) is 0 Å². The van der Waals surface area contributed by atoms with Crippen molar-refractivity contribution in [1.29, 1.82) is 0 Å². The predicted octanol–water partition coefficient (Wildman–Crippen LogP) is 2.05. The van der Waals surface area contributed by atoms with Gasteiger partial charge in [0.05, 0.1) is 4.90 Å². The van der Waals surface area contributed by atoms with Crippen LogP contribution in [0.3, 0.4) is 0 Å². The van der Waals surface area contributed by atoms with Crippen LogP contribution in [0.2, 0.25) is 5.02 Å². The normalized spacial score (nSPS) is 11.6. The van der Waals surface area contributed by atoms with Crippen molar-refractivity contribution in [2.24, 2.45) is 0 Å². The molecule has 66 valence electrons. The van der Waals surface area contributed by atoms with Gasteiger partial charge < -0.3 is 0 Å². The summed E-state index contributed by atoms with van der Waals surface area (Å²) >= 11 is 5.76. The molecule has 0 aliphatic rings. The largest absolute Gasteiger partial charge is 0.224 e. The van der Waals surface area contributed by atoms with Crippen molar-refractivity contribution in [2.75, 3.05) is 6.26 Å². The second-order valence-corrected chi connectivity index (χ2v) is 5.11. The van der Waals surface area contributed by atoms with E-state index in [1.54, 1.807) is 12.1 Å². The van der Waals surface area contributed by atoms with E-state index in [1.807, 2.05) is 6.92 Å². The van der Waals surface area contributed by atoms with Gasteiger partial charge in [0.15, 0.2) is 9.84 Å². The highest BCUT2D eigenvalue weighted by atomic mass is 35.5. The zero-order valence-corrected chi connectivity index (χ0v) is 8.41. The summed E-state index contributed by atoms with van der Waals surface area (Å²) in [5.74, 6) is 0. The highest BCUT2D eigenvalue weighted by Crippen LogP contribution is 2.19. The molecule has 2 nitrogen and oxygen atoms in total. The van der Waals surface area contributed by atoms with Gasteiger partial charge in [0.2, 0.25) is 0 Å². The third kappa shape index (κ3) is 1.99. The Labute approximate surface area is 77.1 Å². The van der Waals surface area contributed by atoms with Crippen molar-refractivity contribution >= 4 is 21.4 Å². The first-order chi connectivity index (χ1) is 5.41. The first-order valence-electron chi connectivity index (χ1n) is 3.37. The van der Waals surface area contributed by atoms with Crippen molar-refractivity contribution in [3.05, 3.63) is 28.8 Å². The first-order valence-corrected chi connectivity index (χ1v) is 5.64. The number of rotatable bonds is 1. The van der Waals surface area contributed by atoms with Crippen molar-refractivity contribution in [2.45, 2.75) is 11.8 Å². The molecule has 0 saturated heterocycles. The molecule has 0 aromatic heterocycles. The lowest BCUT2D eigenvalue weighted by atomic mass is 10.2. The Morgan fingerprint density at radius 3 is 2.33 bits per heavy atom. The van der Waals surface area contributed by atoms with Gasteiger partial charge in [-0.1, -0.05) is 17.7 Å². The molecule has 0 amide bonds. The van der Waals surface area contributed by atoms with Crippen molar-refractivity contribution in [1.82, 2.24) is 0 Å². The van der Waals surface area contributed by atoms with E-state index in [9.17, 15) is 8.42 Å². The zero-order valence-electron chi connectivity index (χ0n) is 6.83. The van der Waals surface area contributed by atoms with Crippen LogP contribution in [0, 0.1) is 6.92 Å². The lowest BCUT2D eigenvalue weighted by molar-refractivity contribution is 0.602. The van der Waals surface area contributed by atoms with E-state index in [2.05, 4.69) is 0 Å². The van der Waals surface area contributed by atoms with E-state index in [0.717, 1.165) is 11.8 Å². The Hall–Kier alpha value is -0.540. The molecule has 0 atom stereocenters. The maximum Gasteiger partial charge on any atom is 0.175 e. The fourth-order valence-electron chi connectivity index (χ4n) is 0.804. The molecule has 0 heterocycles. The lowest BCUT2D eigenvalue weighted by Crippen LogP contribution is -1.96. The minimum atomic E-state index is -3.13. The van der Waals surface area contributed by atoms with Gasteiger partial charge in [-0.25, -0.2) is 8.42 Å². The Morgan fingerprint density at radius 2 is 1.92 bits per heavy atom. The standard InChI is InChI=1S/C8H9ClO2S/c1-6-3-4-7(5-8(6)9)12(2,10)11/h3-5H,1-2H3. The fourth-order valence-corrected chi connectivity index (χ4v) is 1.70. The zero-order chi connectivity index (χ0) is 9.35. The van der Waals surface area contributed by atoms with E-state index in [-0.39, 0.29) is 4.90 Å². The maximum absolute atomic E-state index is 11.0. The van der Waals surface area contributed by atoms with Crippen LogP contribution in [-0.4, -0.2) is 14.7 Å². The van der Waals surface area contributed by atoms with Gasteiger partial charge in [-0.15, -0.1) is 0 Å². The number of aryl methyl sites for hydroxylation is 1. The van der Waals surface area contributed by atoms with Crippen LogP contribution >= 0.6 is 11.6 Å². The summed E-state index contributed by atoms with van der Waals surface area (Å²) in [7, 11) is -3.13. The number of benzene rings is 1. The maximum atomic E-state index is 11.0. The predicted molar refractivity (Wildman–Crippen MR) is 49.3 cm³/mol. The summed E-state index contributed by atoms with van der Waals surface area (Å²) in [4.78, 5) is 0.262. The molecule has 0 spiro atoms. The van der Waals surface area contributed by atoms with Gasteiger partial charge in [0.25, 0.3) is 0 Å². The summed E-state index contributed by atoms with van der Waals surface area (Å²) < 4.78 is 22.1. The lowest BCUT2D eigenvalue weighted by Gasteiger charge is -2.00. The second-order valence-electron chi connectivity index (χ2n) is 2.68. The van der Waals surface area contributed by atoms with Crippen molar-refractivity contribution in [3.8, 4) is 0 Å². The molecule has 1 aromatic carbocycles. The van der Waals surface area contributed by atoms with Gasteiger partial charge in [-0.05, 0) is 24.6 Å². The SMILES string of the molecule is Cc1ccc(S(C)(=O)=O)cc1Cl. The van der Waals surface area contributed by atoms with Gasteiger partial charge in [0.1, 0.15) is 0 Å². The van der Waals surface area contributed by atoms with E-state index in [4.69, 9.17) is 11.6 Å². The third-order valence-corrected chi connectivity index (χ3v) is 3.09. The van der Waals surface area contributed by atoms with Crippen molar-refractivity contribution < 1.29 is 8.42 Å². The van der Waals surface area contributed by atoms with E-state index in [1.165, 1.54) is 6.07 Å². The Balaban J connectivity index is 3.33. The number of halogens is 1. The fraction of sp³-hybridized carbons (Fsp3) is 0.250. The van der Waals surface area contributed by atoms with E-state index < -0.39 is 9.84 Å². The average molecular weight is 205 g/mol. The van der Waals surface area contributed by atoms with Crippen LogP contribution in [0.4, 0.5) is 0 Å². The molecule has 1 rings (SSSR count). The molecule has 0 bridgehead atoms. The van der Waals surface area contributed by atoms with Gasteiger partial charge in [-0.2, -0.15) is 0 Å². The van der Waals surface area contributed by atoms with E-state index in [0.29, 0.717) is 5.02 Å². The highest BCUT2D eigenvalue weighted by molar-refractivity contribution is 7.90.